The highest BCUT2D eigenvalue weighted by molar-refractivity contribution is 5.30. The van der Waals surface area contributed by atoms with Crippen LogP contribution in [0, 0.1) is 0 Å². The van der Waals surface area contributed by atoms with Gasteiger partial charge in [0.2, 0.25) is 0 Å². The van der Waals surface area contributed by atoms with E-state index in [-0.39, 0.29) is 0 Å². The van der Waals surface area contributed by atoms with E-state index in [1.807, 2.05) is 58.2 Å². The summed E-state index contributed by atoms with van der Waals surface area (Å²) in [6.45, 7) is 3.82. The maximum atomic E-state index is 4.40. The van der Waals surface area contributed by atoms with Crippen LogP contribution in [-0.2, 0) is 13.1 Å². The first-order valence-corrected chi connectivity index (χ1v) is 7.11. The first-order valence-electron chi connectivity index (χ1n) is 7.11. The van der Waals surface area contributed by atoms with Crippen LogP contribution in [0.3, 0.4) is 0 Å². The minimum Gasteiger partial charge on any atom is -0.308 e. The van der Waals surface area contributed by atoms with E-state index in [0.717, 1.165) is 18.8 Å². The van der Waals surface area contributed by atoms with Crippen LogP contribution in [0.2, 0.25) is 0 Å². The number of rotatable bonds is 6. The molecule has 0 unspecified atom stereocenters. The Bertz CT molecular complexity index is 657. The average Bonchev–Trinajstić information content (AvgIpc) is 3.17. The zero-order valence-corrected chi connectivity index (χ0v) is 12.1. The molecule has 3 rings (SSSR count). The molecule has 2 aromatic heterocycles. The zero-order valence-electron chi connectivity index (χ0n) is 12.1. The van der Waals surface area contributed by atoms with Crippen molar-refractivity contribution in [2.24, 2.45) is 0 Å². The Hall–Kier alpha value is -2.40. The fraction of sp³-hybridized carbons (Fsp3) is 0.250. The monoisotopic (exact) mass is 281 g/mol. The molecule has 0 aliphatic heterocycles. The third-order valence-electron chi connectivity index (χ3n) is 3.33. The van der Waals surface area contributed by atoms with Gasteiger partial charge in [-0.1, -0.05) is 18.2 Å². The second kappa shape index (κ2) is 6.37. The molecular weight excluding hydrogens is 262 g/mol. The average molecular weight is 281 g/mol. The Morgan fingerprint density at radius 3 is 2.76 bits per heavy atom. The molecule has 2 heterocycles. The van der Waals surface area contributed by atoms with E-state index < -0.39 is 0 Å². The van der Waals surface area contributed by atoms with Gasteiger partial charge >= 0.3 is 0 Å². The Kier molecular flexibility index (Phi) is 4.12. The number of nitrogens with one attached hydrogen (secondary N) is 1. The SMILES string of the molecule is C[C@@H](Cn1cccn1)NCc1cnn(-c2ccccc2)c1. The van der Waals surface area contributed by atoms with E-state index in [1.54, 1.807) is 6.20 Å². The summed E-state index contributed by atoms with van der Waals surface area (Å²) in [5.41, 5.74) is 2.25. The standard InChI is InChI=1S/C16H19N5/c1-14(12-20-9-5-8-18-20)17-10-15-11-19-21(13-15)16-6-3-2-4-7-16/h2-9,11,13-14,17H,10,12H2,1H3/t14-/m0/s1. The minimum atomic E-state index is 0.352. The van der Waals surface area contributed by atoms with Gasteiger partial charge in [0.15, 0.2) is 0 Å². The second-order valence-corrected chi connectivity index (χ2v) is 5.14. The summed E-state index contributed by atoms with van der Waals surface area (Å²) in [5, 5.41) is 12.1. The molecule has 0 aliphatic carbocycles. The van der Waals surface area contributed by atoms with Gasteiger partial charge in [-0.25, -0.2) is 4.68 Å². The molecule has 0 radical (unpaired) electrons. The number of benzene rings is 1. The molecule has 5 heteroatoms. The first-order chi connectivity index (χ1) is 10.3. The molecule has 5 nitrogen and oxygen atoms in total. The minimum absolute atomic E-state index is 0.352. The molecule has 0 saturated carbocycles. The molecule has 0 fully saturated rings. The van der Waals surface area contributed by atoms with E-state index in [4.69, 9.17) is 0 Å². The van der Waals surface area contributed by atoms with Gasteiger partial charge in [0.1, 0.15) is 0 Å². The van der Waals surface area contributed by atoms with Crippen molar-refractivity contribution in [3.8, 4) is 5.69 Å². The molecule has 0 saturated heterocycles. The summed E-state index contributed by atoms with van der Waals surface area (Å²) < 4.78 is 3.83. The predicted octanol–water partition coefficient (Wildman–Crippen LogP) is 2.25. The van der Waals surface area contributed by atoms with Crippen LogP contribution in [0.1, 0.15) is 12.5 Å². The molecule has 21 heavy (non-hydrogen) atoms. The van der Waals surface area contributed by atoms with Crippen LogP contribution in [-0.4, -0.2) is 25.6 Å². The quantitative estimate of drug-likeness (QED) is 0.754. The summed E-state index contributed by atoms with van der Waals surface area (Å²) in [7, 11) is 0. The highest BCUT2D eigenvalue weighted by Crippen LogP contribution is 2.07. The molecule has 0 spiro atoms. The fourth-order valence-electron chi connectivity index (χ4n) is 2.22. The largest absolute Gasteiger partial charge is 0.308 e. The smallest absolute Gasteiger partial charge is 0.0645 e. The molecule has 0 amide bonds. The molecular formula is C16H19N5. The normalized spacial score (nSPS) is 12.4. The Morgan fingerprint density at radius 2 is 2.00 bits per heavy atom. The molecule has 0 bridgehead atoms. The van der Waals surface area contributed by atoms with Crippen molar-refractivity contribution in [3.63, 3.8) is 0 Å². The number of aromatic nitrogens is 4. The van der Waals surface area contributed by atoms with Crippen LogP contribution < -0.4 is 5.32 Å². The molecule has 1 aromatic carbocycles. The van der Waals surface area contributed by atoms with Crippen LogP contribution in [0.4, 0.5) is 0 Å². The van der Waals surface area contributed by atoms with Gasteiger partial charge in [-0.3, -0.25) is 4.68 Å². The topological polar surface area (TPSA) is 47.7 Å². The van der Waals surface area contributed by atoms with Crippen molar-refractivity contribution in [2.45, 2.75) is 26.1 Å². The van der Waals surface area contributed by atoms with Gasteiger partial charge in [-0.15, -0.1) is 0 Å². The van der Waals surface area contributed by atoms with Gasteiger partial charge in [0.25, 0.3) is 0 Å². The lowest BCUT2D eigenvalue weighted by molar-refractivity contribution is 0.451. The molecule has 108 valence electrons. The number of hydrogen-bond acceptors (Lipinski definition) is 3. The number of para-hydroxylation sites is 1. The van der Waals surface area contributed by atoms with Gasteiger partial charge in [0, 0.05) is 36.7 Å². The zero-order chi connectivity index (χ0) is 14.5. The Balaban J connectivity index is 1.55. The van der Waals surface area contributed by atoms with Crippen molar-refractivity contribution in [1.29, 1.82) is 0 Å². The predicted molar refractivity (Wildman–Crippen MR) is 82.1 cm³/mol. The van der Waals surface area contributed by atoms with Crippen molar-refractivity contribution in [2.75, 3.05) is 0 Å². The molecule has 3 aromatic rings. The maximum absolute atomic E-state index is 4.40. The fourth-order valence-corrected chi connectivity index (χ4v) is 2.22. The lowest BCUT2D eigenvalue weighted by Gasteiger charge is -2.12. The molecule has 1 atom stereocenters. The molecule has 1 N–H and O–H groups in total. The van der Waals surface area contributed by atoms with E-state index in [1.165, 1.54) is 5.56 Å². The van der Waals surface area contributed by atoms with Crippen molar-refractivity contribution < 1.29 is 0 Å². The third kappa shape index (κ3) is 3.58. The van der Waals surface area contributed by atoms with Crippen molar-refractivity contribution >= 4 is 0 Å². The van der Waals surface area contributed by atoms with Gasteiger partial charge in [-0.05, 0) is 25.1 Å². The Labute approximate surface area is 124 Å². The maximum Gasteiger partial charge on any atom is 0.0645 e. The molecule has 0 aliphatic rings. The highest BCUT2D eigenvalue weighted by Gasteiger charge is 2.05. The highest BCUT2D eigenvalue weighted by atomic mass is 15.3. The van der Waals surface area contributed by atoms with Gasteiger partial charge in [-0.2, -0.15) is 10.2 Å². The van der Waals surface area contributed by atoms with E-state index in [0.29, 0.717) is 6.04 Å². The Morgan fingerprint density at radius 1 is 1.14 bits per heavy atom. The van der Waals surface area contributed by atoms with Gasteiger partial charge < -0.3 is 5.32 Å². The van der Waals surface area contributed by atoms with Crippen LogP contribution >= 0.6 is 0 Å². The van der Waals surface area contributed by atoms with Crippen molar-refractivity contribution in [1.82, 2.24) is 24.9 Å². The van der Waals surface area contributed by atoms with Crippen LogP contribution in [0.25, 0.3) is 5.69 Å². The summed E-state index contributed by atoms with van der Waals surface area (Å²) in [6, 6.07) is 12.4. The summed E-state index contributed by atoms with van der Waals surface area (Å²) >= 11 is 0. The van der Waals surface area contributed by atoms with Crippen LogP contribution in [0.5, 0.6) is 0 Å². The lowest BCUT2D eigenvalue weighted by Crippen LogP contribution is -2.30. The first kappa shape index (κ1) is 13.6. The van der Waals surface area contributed by atoms with E-state index >= 15 is 0 Å². The van der Waals surface area contributed by atoms with E-state index in [2.05, 4.69) is 28.6 Å². The van der Waals surface area contributed by atoms with Gasteiger partial charge in [0.05, 0.1) is 18.4 Å². The summed E-state index contributed by atoms with van der Waals surface area (Å²) in [6.07, 6.45) is 7.74. The van der Waals surface area contributed by atoms with Crippen LogP contribution in [0.15, 0.2) is 61.2 Å². The lowest BCUT2D eigenvalue weighted by atomic mass is 10.3. The second-order valence-electron chi connectivity index (χ2n) is 5.14. The summed E-state index contributed by atoms with van der Waals surface area (Å²) in [5.74, 6) is 0. The van der Waals surface area contributed by atoms with E-state index in [9.17, 15) is 0 Å². The number of hydrogen-bond donors (Lipinski definition) is 1. The summed E-state index contributed by atoms with van der Waals surface area (Å²) in [4.78, 5) is 0. The van der Waals surface area contributed by atoms with Crippen molar-refractivity contribution in [3.05, 3.63) is 66.7 Å². The third-order valence-corrected chi connectivity index (χ3v) is 3.33. The number of nitrogens with zero attached hydrogens (tertiary/aromatic N) is 4.